The van der Waals surface area contributed by atoms with Gasteiger partial charge in [0.2, 0.25) is 11.9 Å². The maximum Gasteiger partial charge on any atom is 0.269 e. The molecule has 0 bridgehead atoms. The van der Waals surface area contributed by atoms with Crippen molar-refractivity contribution in [2.75, 3.05) is 24.4 Å². The van der Waals surface area contributed by atoms with Gasteiger partial charge in [-0.3, -0.25) is 15.5 Å². The summed E-state index contributed by atoms with van der Waals surface area (Å²) in [7, 11) is 3.60. The first-order valence-electron chi connectivity index (χ1n) is 5.82. The maximum absolute atomic E-state index is 10.6. The summed E-state index contributed by atoms with van der Waals surface area (Å²) in [6.45, 7) is 0. The van der Waals surface area contributed by atoms with E-state index >= 15 is 0 Å². The molecule has 21 heavy (non-hydrogen) atoms. The molecule has 0 unspecified atom stereocenters. The highest BCUT2D eigenvalue weighted by Crippen LogP contribution is 2.27. The first-order valence-corrected chi connectivity index (χ1v) is 6.63. The van der Waals surface area contributed by atoms with Gasteiger partial charge in [-0.25, -0.2) is 5.84 Å². The molecule has 1 aromatic carbocycles. The molecule has 1 aromatic heterocycles. The fourth-order valence-electron chi connectivity index (χ4n) is 1.40. The van der Waals surface area contributed by atoms with Crippen molar-refractivity contribution in [1.82, 2.24) is 15.0 Å². The summed E-state index contributed by atoms with van der Waals surface area (Å²) >= 11 is 1.26. The number of nitrogens with zero attached hydrogens (tertiary/aromatic N) is 5. The highest BCUT2D eigenvalue weighted by Gasteiger charge is 2.10. The highest BCUT2D eigenvalue weighted by atomic mass is 32.2. The minimum atomic E-state index is -0.446. The van der Waals surface area contributed by atoms with Crippen molar-refractivity contribution < 1.29 is 4.92 Å². The molecule has 0 saturated heterocycles. The van der Waals surface area contributed by atoms with E-state index in [-0.39, 0.29) is 11.6 Å². The van der Waals surface area contributed by atoms with Crippen LogP contribution in [0, 0.1) is 10.1 Å². The lowest BCUT2D eigenvalue weighted by Gasteiger charge is -2.12. The fourth-order valence-corrected chi connectivity index (χ4v) is 2.14. The molecule has 2 rings (SSSR count). The number of aromatic nitrogens is 3. The van der Waals surface area contributed by atoms with Crippen LogP contribution < -0.4 is 16.2 Å². The summed E-state index contributed by atoms with van der Waals surface area (Å²) in [6, 6.07) is 6.13. The maximum atomic E-state index is 10.6. The third-order valence-corrected chi connectivity index (χ3v) is 3.26. The monoisotopic (exact) mass is 307 g/mol. The van der Waals surface area contributed by atoms with Crippen molar-refractivity contribution in [1.29, 1.82) is 0 Å². The summed E-state index contributed by atoms with van der Waals surface area (Å²) in [5.41, 5.74) is 2.42. The molecule has 0 aliphatic heterocycles. The van der Waals surface area contributed by atoms with Gasteiger partial charge < -0.3 is 4.90 Å². The van der Waals surface area contributed by atoms with Crippen LogP contribution in [0.2, 0.25) is 0 Å². The molecule has 0 amide bonds. The second-order valence-electron chi connectivity index (χ2n) is 4.13. The Morgan fingerprint density at radius 2 is 1.90 bits per heavy atom. The minimum absolute atomic E-state index is 0.0355. The van der Waals surface area contributed by atoms with Gasteiger partial charge in [0.1, 0.15) is 0 Å². The van der Waals surface area contributed by atoms with E-state index in [1.165, 1.54) is 23.9 Å². The van der Waals surface area contributed by atoms with Crippen molar-refractivity contribution in [3.8, 4) is 0 Å². The topological polar surface area (TPSA) is 123 Å². The third kappa shape index (κ3) is 3.77. The Kier molecular flexibility index (Phi) is 4.50. The van der Waals surface area contributed by atoms with Crippen LogP contribution in [0.4, 0.5) is 17.6 Å². The molecule has 0 radical (unpaired) electrons. The zero-order valence-corrected chi connectivity index (χ0v) is 12.2. The largest absolute Gasteiger partial charge is 0.347 e. The van der Waals surface area contributed by atoms with E-state index in [0.29, 0.717) is 11.1 Å². The van der Waals surface area contributed by atoms with E-state index in [1.54, 1.807) is 31.1 Å². The van der Waals surface area contributed by atoms with Gasteiger partial charge in [-0.15, -0.1) is 0 Å². The van der Waals surface area contributed by atoms with E-state index in [1.807, 2.05) is 0 Å². The number of nitro groups is 1. The van der Waals surface area contributed by atoms with Crippen molar-refractivity contribution >= 4 is 29.3 Å². The second kappa shape index (κ2) is 6.33. The number of nitrogen functional groups attached to an aromatic ring is 1. The van der Waals surface area contributed by atoms with Gasteiger partial charge in [-0.2, -0.15) is 15.0 Å². The first kappa shape index (κ1) is 14.9. The molecule has 9 nitrogen and oxygen atoms in total. The average molecular weight is 307 g/mol. The number of hydrogen-bond acceptors (Lipinski definition) is 9. The van der Waals surface area contributed by atoms with E-state index in [0.717, 1.165) is 4.90 Å². The predicted octanol–water partition coefficient (Wildman–Crippen LogP) is 1.28. The van der Waals surface area contributed by atoms with Crippen molar-refractivity contribution in [2.24, 2.45) is 5.84 Å². The molecular formula is C11H13N7O2S. The Morgan fingerprint density at radius 1 is 1.24 bits per heavy atom. The lowest BCUT2D eigenvalue weighted by Crippen LogP contribution is -2.17. The van der Waals surface area contributed by atoms with Gasteiger partial charge in [-0.05, 0) is 23.9 Å². The number of non-ortho nitro benzene ring substituents is 1. The molecule has 0 spiro atoms. The van der Waals surface area contributed by atoms with Crippen LogP contribution in [0.5, 0.6) is 0 Å². The summed E-state index contributed by atoms with van der Waals surface area (Å²) in [4.78, 5) is 25.2. The van der Waals surface area contributed by atoms with Gasteiger partial charge in [0.25, 0.3) is 5.69 Å². The Bertz CT molecular complexity index is 648. The van der Waals surface area contributed by atoms with Crippen LogP contribution >= 0.6 is 11.8 Å². The number of hydrogen-bond donors (Lipinski definition) is 2. The van der Waals surface area contributed by atoms with Gasteiger partial charge in [0.05, 0.1) is 4.92 Å². The molecule has 0 aliphatic carbocycles. The number of nitrogens with two attached hydrogens (primary N) is 1. The van der Waals surface area contributed by atoms with E-state index < -0.39 is 4.92 Å². The number of anilines is 2. The van der Waals surface area contributed by atoms with Crippen LogP contribution in [0.25, 0.3) is 0 Å². The second-order valence-corrected chi connectivity index (χ2v) is 5.17. The van der Waals surface area contributed by atoms with Crippen LogP contribution in [-0.4, -0.2) is 34.0 Å². The Labute approximate surface area is 124 Å². The predicted molar refractivity (Wildman–Crippen MR) is 79.2 cm³/mol. The minimum Gasteiger partial charge on any atom is -0.347 e. The van der Waals surface area contributed by atoms with Gasteiger partial charge in [-0.1, -0.05) is 0 Å². The lowest BCUT2D eigenvalue weighted by atomic mass is 10.3. The highest BCUT2D eigenvalue weighted by molar-refractivity contribution is 7.99. The smallest absolute Gasteiger partial charge is 0.269 e. The lowest BCUT2D eigenvalue weighted by molar-refractivity contribution is -0.384. The Hall–Kier alpha value is -2.46. The molecular weight excluding hydrogens is 294 g/mol. The number of nitrogens with one attached hydrogen (secondary N) is 1. The fraction of sp³-hybridized carbons (Fsp3) is 0.182. The molecule has 0 atom stereocenters. The van der Waals surface area contributed by atoms with E-state index in [2.05, 4.69) is 20.4 Å². The SMILES string of the molecule is CN(C)c1nc(NN)nc(Sc2ccc([N+](=O)[O-])cc2)n1. The van der Waals surface area contributed by atoms with Crippen LogP contribution in [0.15, 0.2) is 34.3 Å². The zero-order chi connectivity index (χ0) is 15.4. The van der Waals surface area contributed by atoms with Gasteiger partial charge in [0, 0.05) is 31.1 Å². The van der Waals surface area contributed by atoms with Crippen LogP contribution in [0.1, 0.15) is 0 Å². The Morgan fingerprint density at radius 3 is 2.43 bits per heavy atom. The van der Waals surface area contributed by atoms with Crippen molar-refractivity contribution in [3.63, 3.8) is 0 Å². The standard InChI is InChI=1S/C11H13N7O2S/c1-17(2)10-13-9(16-12)14-11(15-10)21-8-5-3-7(4-6-8)18(19)20/h3-6H,12H2,1-2H3,(H,13,14,15,16). The van der Waals surface area contributed by atoms with E-state index in [9.17, 15) is 10.1 Å². The van der Waals surface area contributed by atoms with Crippen LogP contribution in [0.3, 0.4) is 0 Å². The van der Waals surface area contributed by atoms with E-state index in [4.69, 9.17) is 5.84 Å². The molecule has 0 saturated carbocycles. The van der Waals surface area contributed by atoms with Crippen molar-refractivity contribution in [2.45, 2.75) is 10.1 Å². The average Bonchev–Trinajstić information content (AvgIpc) is 2.47. The number of rotatable bonds is 5. The zero-order valence-electron chi connectivity index (χ0n) is 11.3. The molecule has 10 heteroatoms. The quantitative estimate of drug-likeness (QED) is 0.477. The molecule has 0 fully saturated rings. The van der Waals surface area contributed by atoms with Gasteiger partial charge >= 0.3 is 0 Å². The number of hydrazine groups is 1. The molecule has 2 aromatic rings. The summed E-state index contributed by atoms with van der Waals surface area (Å²) in [6.07, 6.45) is 0. The molecule has 1 heterocycles. The number of benzene rings is 1. The van der Waals surface area contributed by atoms with Crippen LogP contribution in [-0.2, 0) is 0 Å². The normalized spacial score (nSPS) is 10.2. The molecule has 0 aliphatic rings. The first-order chi connectivity index (χ1) is 9.99. The molecule has 3 N–H and O–H groups in total. The number of nitro benzene ring substituents is 1. The third-order valence-electron chi connectivity index (χ3n) is 2.39. The Balaban J connectivity index is 2.25. The van der Waals surface area contributed by atoms with Crippen molar-refractivity contribution in [3.05, 3.63) is 34.4 Å². The van der Waals surface area contributed by atoms with Gasteiger partial charge in [0.15, 0.2) is 5.16 Å². The summed E-state index contributed by atoms with van der Waals surface area (Å²) in [5, 5.41) is 11.1. The summed E-state index contributed by atoms with van der Waals surface area (Å²) in [5.74, 6) is 6.04. The summed E-state index contributed by atoms with van der Waals surface area (Å²) < 4.78 is 0. The molecule has 110 valence electrons.